The van der Waals surface area contributed by atoms with Crippen molar-refractivity contribution in [2.24, 2.45) is 0 Å². The number of rotatable bonds is 5. The zero-order valence-corrected chi connectivity index (χ0v) is 14.3. The van der Waals surface area contributed by atoms with Gasteiger partial charge in [0.25, 0.3) is 0 Å². The van der Waals surface area contributed by atoms with Gasteiger partial charge in [0, 0.05) is 24.2 Å². The smallest absolute Gasteiger partial charge is 0.153 e. The van der Waals surface area contributed by atoms with Gasteiger partial charge in [0.2, 0.25) is 0 Å². The van der Waals surface area contributed by atoms with E-state index in [1.54, 1.807) is 11.3 Å². The summed E-state index contributed by atoms with van der Waals surface area (Å²) in [6.07, 6.45) is 3.65. The Kier molecular flexibility index (Phi) is 4.44. The summed E-state index contributed by atoms with van der Waals surface area (Å²) in [5.74, 6) is 0.0472. The summed E-state index contributed by atoms with van der Waals surface area (Å²) < 4.78 is 22.6. The highest BCUT2D eigenvalue weighted by Crippen LogP contribution is 2.34. The molecule has 0 bridgehead atoms. The minimum absolute atomic E-state index is 0.0472. The fourth-order valence-electron chi connectivity index (χ4n) is 2.78. The Morgan fingerprint density at radius 2 is 2.29 bits per heavy atom. The Labute approximate surface area is 133 Å². The van der Waals surface area contributed by atoms with Crippen molar-refractivity contribution in [2.45, 2.75) is 31.2 Å². The Bertz CT molecular complexity index is 692. The van der Waals surface area contributed by atoms with Crippen LogP contribution in [0, 0.1) is 0 Å². The van der Waals surface area contributed by atoms with Crippen molar-refractivity contribution in [3.8, 4) is 0 Å². The molecule has 0 spiro atoms. The predicted octanol–water partition coefficient (Wildman–Crippen LogP) is 3.09. The number of nitrogens with zero attached hydrogens (tertiary/aromatic N) is 2. The van der Waals surface area contributed by atoms with Gasteiger partial charge in [-0.1, -0.05) is 0 Å². The van der Waals surface area contributed by atoms with Gasteiger partial charge in [-0.3, -0.25) is 4.90 Å². The minimum Gasteiger partial charge on any atom is -0.290 e. The van der Waals surface area contributed by atoms with E-state index in [9.17, 15) is 8.42 Å². The largest absolute Gasteiger partial charge is 0.290 e. The first-order valence-corrected chi connectivity index (χ1v) is 10.8. The van der Waals surface area contributed by atoms with Crippen molar-refractivity contribution in [3.63, 3.8) is 0 Å². The van der Waals surface area contributed by atoms with E-state index < -0.39 is 9.84 Å². The first-order valence-electron chi connectivity index (χ1n) is 6.88. The maximum atomic E-state index is 11.3. The molecule has 0 N–H and O–H groups in total. The molecule has 0 saturated carbocycles. The Balaban J connectivity index is 1.69. The molecular formula is C14H18N2O2S3. The van der Waals surface area contributed by atoms with Gasteiger partial charge in [-0.2, -0.15) is 11.3 Å². The van der Waals surface area contributed by atoms with E-state index in [4.69, 9.17) is 0 Å². The van der Waals surface area contributed by atoms with Gasteiger partial charge in [0.15, 0.2) is 9.84 Å². The molecule has 7 heteroatoms. The summed E-state index contributed by atoms with van der Waals surface area (Å²) in [5, 5.41) is 7.03. The number of likely N-dealkylation sites (tertiary alicyclic amines) is 1. The van der Waals surface area contributed by atoms with E-state index in [1.165, 1.54) is 36.0 Å². The molecular weight excluding hydrogens is 324 g/mol. The summed E-state index contributed by atoms with van der Waals surface area (Å²) in [5.41, 5.74) is 2.38. The number of thiophene rings is 1. The SMILES string of the molecule is CS(=O)(=O)Cc1nc(CN2CCC[C@@H]2c2ccsc2)cs1. The van der Waals surface area contributed by atoms with Crippen molar-refractivity contribution in [1.82, 2.24) is 9.88 Å². The standard InChI is InChI=1S/C14H18N2O2S3/c1-21(17,18)10-14-15-12(9-20-14)7-16-5-2-3-13(16)11-4-6-19-8-11/h4,6,8-9,13H,2-3,5,7,10H2,1H3/t13-/m1/s1. The Morgan fingerprint density at radius 1 is 1.43 bits per heavy atom. The second-order valence-corrected chi connectivity index (χ2v) is 9.35. The van der Waals surface area contributed by atoms with Crippen LogP contribution in [0.25, 0.3) is 0 Å². The van der Waals surface area contributed by atoms with E-state index >= 15 is 0 Å². The minimum atomic E-state index is -3.00. The molecule has 4 nitrogen and oxygen atoms in total. The highest BCUT2D eigenvalue weighted by molar-refractivity contribution is 7.90. The predicted molar refractivity (Wildman–Crippen MR) is 87.4 cm³/mol. The molecule has 3 heterocycles. The van der Waals surface area contributed by atoms with Crippen molar-refractivity contribution >= 4 is 32.5 Å². The topological polar surface area (TPSA) is 50.3 Å². The number of aromatic nitrogens is 1. The molecule has 0 amide bonds. The van der Waals surface area contributed by atoms with Crippen LogP contribution in [0.4, 0.5) is 0 Å². The van der Waals surface area contributed by atoms with Crippen molar-refractivity contribution in [3.05, 3.63) is 38.5 Å². The first kappa shape index (κ1) is 15.1. The van der Waals surface area contributed by atoms with Gasteiger partial charge >= 0.3 is 0 Å². The highest BCUT2D eigenvalue weighted by atomic mass is 32.2. The van der Waals surface area contributed by atoms with Crippen LogP contribution < -0.4 is 0 Å². The van der Waals surface area contributed by atoms with Crippen molar-refractivity contribution in [2.75, 3.05) is 12.8 Å². The van der Waals surface area contributed by atoms with Crippen LogP contribution in [-0.4, -0.2) is 31.1 Å². The number of hydrogen-bond acceptors (Lipinski definition) is 6. The molecule has 0 aliphatic carbocycles. The molecule has 2 aromatic heterocycles. The molecule has 1 fully saturated rings. The van der Waals surface area contributed by atoms with Crippen LogP contribution in [-0.2, 0) is 22.1 Å². The third kappa shape index (κ3) is 3.91. The quantitative estimate of drug-likeness (QED) is 0.838. The molecule has 1 aliphatic rings. The van der Waals surface area contributed by atoms with Gasteiger partial charge in [-0.05, 0) is 41.8 Å². The van der Waals surface area contributed by atoms with Crippen LogP contribution in [0.2, 0.25) is 0 Å². The summed E-state index contributed by atoms with van der Waals surface area (Å²) >= 11 is 3.18. The first-order chi connectivity index (χ1) is 10.0. The van der Waals surface area contributed by atoms with Gasteiger partial charge in [0.05, 0.1) is 5.69 Å². The van der Waals surface area contributed by atoms with Gasteiger partial charge < -0.3 is 0 Å². The highest BCUT2D eigenvalue weighted by Gasteiger charge is 2.26. The fourth-order valence-corrected chi connectivity index (χ4v) is 5.48. The molecule has 1 atom stereocenters. The lowest BCUT2D eigenvalue weighted by atomic mass is 10.1. The summed E-state index contributed by atoms with van der Waals surface area (Å²) in [6.45, 7) is 1.89. The summed E-state index contributed by atoms with van der Waals surface area (Å²) in [6, 6.07) is 2.68. The molecule has 1 saturated heterocycles. The zero-order valence-electron chi connectivity index (χ0n) is 11.9. The fraction of sp³-hybridized carbons (Fsp3) is 0.500. The maximum Gasteiger partial charge on any atom is 0.153 e. The second kappa shape index (κ2) is 6.16. The van der Waals surface area contributed by atoms with E-state index in [1.807, 2.05) is 5.38 Å². The van der Waals surface area contributed by atoms with Gasteiger partial charge in [-0.15, -0.1) is 11.3 Å². The van der Waals surface area contributed by atoms with Crippen LogP contribution in [0.3, 0.4) is 0 Å². The molecule has 2 aromatic rings. The molecule has 0 radical (unpaired) electrons. The molecule has 1 aliphatic heterocycles. The Hall–Kier alpha value is -0.760. The lowest BCUT2D eigenvalue weighted by Gasteiger charge is -2.22. The lowest BCUT2D eigenvalue weighted by molar-refractivity contribution is 0.246. The molecule has 0 aromatic carbocycles. The van der Waals surface area contributed by atoms with E-state index in [0.717, 1.165) is 18.8 Å². The second-order valence-electron chi connectivity index (χ2n) is 5.49. The van der Waals surface area contributed by atoms with Crippen molar-refractivity contribution < 1.29 is 8.42 Å². The average molecular weight is 343 g/mol. The Morgan fingerprint density at radius 3 is 3.00 bits per heavy atom. The molecule has 3 rings (SSSR count). The van der Waals surface area contributed by atoms with Crippen LogP contribution in [0.1, 0.15) is 35.1 Å². The molecule has 114 valence electrons. The normalized spacial score (nSPS) is 20.1. The van der Waals surface area contributed by atoms with Gasteiger partial charge in [-0.25, -0.2) is 13.4 Å². The monoisotopic (exact) mass is 342 g/mol. The molecule has 0 unspecified atom stereocenters. The number of sulfone groups is 1. The summed E-state index contributed by atoms with van der Waals surface area (Å²) in [7, 11) is -3.00. The lowest BCUT2D eigenvalue weighted by Crippen LogP contribution is -2.22. The average Bonchev–Trinajstić information content (AvgIpc) is 3.08. The van der Waals surface area contributed by atoms with E-state index in [-0.39, 0.29) is 5.75 Å². The summed E-state index contributed by atoms with van der Waals surface area (Å²) in [4.78, 5) is 6.92. The van der Waals surface area contributed by atoms with Crippen molar-refractivity contribution in [1.29, 1.82) is 0 Å². The number of hydrogen-bond donors (Lipinski definition) is 0. The molecule has 21 heavy (non-hydrogen) atoms. The number of thiazole rings is 1. The van der Waals surface area contributed by atoms with Gasteiger partial charge in [0.1, 0.15) is 10.8 Å². The van der Waals surface area contributed by atoms with Crippen LogP contribution in [0.15, 0.2) is 22.2 Å². The third-order valence-corrected chi connectivity index (χ3v) is 6.22. The maximum absolute atomic E-state index is 11.3. The van der Waals surface area contributed by atoms with Crippen LogP contribution in [0.5, 0.6) is 0 Å². The zero-order chi connectivity index (χ0) is 14.9. The van der Waals surface area contributed by atoms with E-state index in [2.05, 4.69) is 26.7 Å². The van der Waals surface area contributed by atoms with E-state index in [0.29, 0.717) is 11.0 Å². The third-order valence-electron chi connectivity index (χ3n) is 3.64. The van der Waals surface area contributed by atoms with Crippen LogP contribution >= 0.6 is 22.7 Å².